The number of nitrogens with zero attached hydrogens (tertiary/aromatic N) is 2. The van der Waals surface area contributed by atoms with Crippen molar-refractivity contribution in [2.75, 3.05) is 32.5 Å². The number of fused-ring (bicyclic) bond motifs is 1. The Labute approximate surface area is 195 Å². The number of likely N-dealkylation sites (tertiary alicyclic amines) is 1. The Bertz CT molecular complexity index is 902. The van der Waals surface area contributed by atoms with E-state index in [-0.39, 0.29) is 0 Å². The molecule has 4 rings (SSSR count). The summed E-state index contributed by atoms with van der Waals surface area (Å²) in [6.07, 6.45) is 10.3. The smallest absolute Gasteiger partial charge is 0.303 e. The summed E-state index contributed by atoms with van der Waals surface area (Å²) in [4.78, 5) is 18.3. The molecule has 0 spiro atoms. The molecule has 5 nitrogen and oxygen atoms in total. The van der Waals surface area contributed by atoms with Crippen LogP contribution in [0, 0.1) is 11.8 Å². The lowest BCUT2D eigenvalue weighted by atomic mass is 9.79. The Hall–Kier alpha value is -1.79. The molecule has 0 amide bonds. The minimum atomic E-state index is -0.664. The Morgan fingerprint density at radius 3 is 2.88 bits per heavy atom. The number of piperidine rings is 1. The molecule has 2 fully saturated rings. The first-order valence-electron chi connectivity index (χ1n) is 12.1. The zero-order chi connectivity index (χ0) is 22.3. The van der Waals surface area contributed by atoms with Crippen molar-refractivity contribution in [3.63, 3.8) is 0 Å². The highest BCUT2D eigenvalue weighted by molar-refractivity contribution is 8.00. The summed E-state index contributed by atoms with van der Waals surface area (Å²) >= 11 is 2.12. The summed E-state index contributed by atoms with van der Waals surface area (Å²) in [6.45, 7) is 3.38. The van der Waals surface area contributed by atoms with Gasteiger partial charge in [0.25, 0.3) is 0 Å². The lowest BCUT2D eigenvalue weighted by Gasteiger charge is -2.39. The number of carbonyl (C=O) groups is 1. The predicted molar refractivity (Wildman–Crippen MR) is 132 cm³/mol. The van der Waals surface area contributed by atoms with Crippen LogP contribution in [0.5, 0.6) is 5.75 Å². The summed E-state index contributed by atoms with van der Waals surface area (Å²) in [5, 5.41) is 11.3. The summed E-state index contributed by atoms with van der Waals surface area (Å²) < 4.78 is 5.41. The fraction of sp³-hybridized carbons (Fsp3) is 0.615. The van der Waals surface area contributed by atoms with Crippen LogP contribution in [0.3, 0.4) is 0 Å². The molecule has 0 radical (unpaired) electrons. The molecule has 0 bridgehead atoms. The number of hydrogen-bond acceptors (Lipinski definition) is 5. The lowest BCUT2D eigenvalue weighted by molar-refractivity contribution is -0.137. The highest BCUT2D eigenvalue weighted by Crippen LogP contribution is 2.35. The van der Waals surface area contributed by atoms with Crippen molar-refractivity contribution in [2.24, 2.45) is 11.8 Å². The maximum Gasteiger partial charge on any atom is 0.303 e. The molecule has 2 heterocycles. The van der Waals surface area contributed by atoms with Gasteiger partial charge < -0.3 is 14.7 Å². The highest BCUT2D eigenvalue weighted by Gasteiger charge is 2.29. The molecule has 6 heteroatoms. The number of benzene rings is 1. The summed E-state index contributed by atoms with van der Waals surface area (Å²) in [5.74, 6) is 2.55. The molecule has 2 aliphatic rings. The van der Waals surface area contributed by atoms with Crippen LogP contribution in [0.4, 0.5) is 0 Å². The number of carboxylic acid groups (broad SMARTS) is 1. The van der Waals surface area contributed by atoms with E-state index in [4.69, 9.17) is 4.74 Å². The molecule has 0 unspecified atom stereocenters. The molecule has 32 heavy (non-hydrogen) atoms. The number of thioether (sulfide) groups is 1. The Kier molecular flexibility index (Phi) is 8.31. The van der Waals surface area contributed by atoms with Crippen molar-refractivity contribution in [3.05, 3.63) is 36.0 Å². The molecule has 174 valence electrons. The first kappa shape index (κ1) is 23.4. The molecule has 1 saturated heterocycles. The molecule has 1 N–H and O–H groups in total. The Morgan fingerprint density at radius 1 is 1.22 bits per heavy atom. The van der Waals surface area contributed by atoms with E-state index in [2.05, 4.69) is 33.8 Å². The zero-order valence-electron chi connectivity index (χ0n) is 19.2. The number of rotatable bonds is 12. The van der Waals surface area contributed by atoms with Gasteiger partial charge in [-0.05, 0) is 93.2 Å². The fourth-order valence-corrected chi connectivity index (χ4v) is 6.21. The Morgan fingerprint density at radius 2 is 2.09 bits per heavy atom. The van der Waals surface area contributed by atoms with Gasteiger partial charge in [-0.2, -0.15) is 11.8 Å². The number of aliphatic carboxylic acids is 1. The maximum atomic E-state index is 11.2. The SMILES string of the molecule is COc1ccc2nccc(CCC[C@@H]3CCN(CCSC4CC4)C[C@@H]3CCC(=O)O)c2c1. The van der Waals surface area contributed by atoms with E-state index in [9.17, 15) is 9.90 Å². The predicted octanol–water partition coefficient (Wildman–Crippen LogP) is 5.26. The normalized spacial score (nSPS) is 21.7. The van der Waals surface area contributed by atoms with Crippen LogP contribution < -0.4 is 4.74 Å². The number of aryl methyl sites for hydroxylation is 1. The second kappa shape index (κ2) is 11.4. The first-order chi connectivity index (χ1) is 15.6. The summed E-state index contributed by atoms with van der Waals surface area (Å²) in [7, 11) is 1.70. The van der Waals surface area contributed by atoms with Crippen LogP contribution in [-0.4, -0.2) is 58.7 Å². The van der Waals surface area contributed by atoms with E-state index in [0.29, 0.717) is 18.3 Å². The van der Waals surface area contributed by atoms with Crippen LogP contribution in [0.25, 0.3) is 10.9 Å². The number of carboxylic acids is 1. The van der Waals surface area contributed by atoms with Crippen molar-refractivity contribution < 1.29 is 14.6 Å². The van der Waals surface area contributed by atoms with Gasteiger partial charge in [-0.25, -0.2) is 0 Å². The molecule has 1 aliphatic heterocycles. The van der Waals surface area contributed by atoms with Crippen molar-refractivity contribution in [3.8, 4) is 5.75 Å². The average Bonchev–Trinajstić information content (AvgIpc) is 3.63. The minimum Gasteiger partial charge on any atom is -0.497 e. The van der Waals surface area contributed by atoms with E-state index in [1.807, 2.05) is 18.3 Å². The summed E-state index contributed by atoms with van der Waals surface area (Å²) in [6, 6.07) is 8.20. The third-order valence-corrected chi connectivity index (χ3v) is 8.41. The van der Waals surface area contributed by atoms with Crippen molar-refractivity contribution >= 4 is 28.6 Å². The number of ether oxygens (including phenoxy) is 1. The Balaban J connectivity index is 1.32. The maximum absolute atomic E-state index is 11.2. The lowest BCUT2D eigenvalue weighted by Crippen LogP contribution is -2.41. The van der Waals surface area contributed by atoms with E-state index >= 15 is 0 Å². The fourth-order valence-electron chi connectivity index (χ4n) is 5.04. The highest BCUT2D eigenvalue weighted by atomic mass is 32.2. The van der Waals surface area contributed by atoms with E-state index in [1.165, 1.54) is 42.4 Å². The van der Waals surface area contributed by atoms with Gasteiger partial charge in [0.2, 0.25) is 0 Å². The minimum absolute atomic E-state index is 0.292. The largest absolute Gasteiger partial charge is 0.497 e. The number of hydrogen-bond donors (Lipinski definition) is 1. The van der Waals surface area contributed by atoms with Crippen LogP contribution in [0.15, 0.2) is 30.5 Å². The van der Waals surface area contributed by atoms with Gasteiger partial charge in [0, 0.05) is 42.1 Å². The van der Waals surface area contributed by atoms with Gasteiger partial charge in [-0.1, -0.05) is 0 Å². The number of pyridine rings is 1. The standard InChI is InChI=1S/C26H36N2O3S/c1-31-22-6-9-25-24(17-22)20(11-13-27-25)4-2-3-19-12-14-28(15-16-32-23-7-8-23)18-21(19)5-10-26(29)30/h6,9,11,13,17,19,21,23H,2-5,7-8,10,12,14-16,18H2,1H3,(H,29,30)/t19-,21+/m1/s1. The van der Waals surface area contributed by atoms with Gasteiger partial charge in [0.1, 0.15) is 5.75 Å². The zero-order valence-corrected chi connectivity index (χ0v) is 20.0. The third kappa shape index (κ3) is 6.61. The first-order valence-corrected chi connectivity index (χ1v) is 13.1. The molecule has 2 aromatic rings. The molecule has 2 atom stereocenters. The second-order valence-electron chi connectivity index (χ2n) is 9.36. The molecule has 1 aromatic carbocycles. The molecular weight excluding hydrogens is 420 g/mol. The number of aromatic nitrogens is 1. The third-order valence-electron chi connectivity index (χ3n) is 7.05. The quantitative estimate of drug-likeness (QED) is 0.470. The number of methoxy groups -OCH3 is 1. The van der Waals surface area contributed by atoms with E-state index in [0.717, 1.165) is 55.4 Å². The molecule has 1 aromatic heterocycles. The van der Waals surface area contributed by atoms with Crippen LogP contribution in [-0.2, 0) is 11.2 Å². The van der Waals surface area contributed by atoms with Crippen LogP contribution in [0.1, 0.15) is 50.5 Å². The van der Waals surface area contributed by atoms with Gasteiger partial charge in [-0.3, -0.25) is 9.78 Å². The van der Waals surface area contributed by atoms with Crippen molar-refractivity contribution in [1.29, 1.82) is 0 Å². The van der Waals surface area contributed by atoms with Gasteiger partial charge in [0.15, 0.2) is 0 Å². The molecular formula is C26H36N2O3S. The van der Waals surface area contributed by atoms with Crippen molar-refractivity contribution in [2.45, 2.75) is 56.6 Å². The van der Waals surface area contributed by atoms with Gasteiger partial charge in [-0.15, -0.1) is 0 Å². The summed E-state index contributed by atoms with van der Waals surface area (Å²) in [5.41, 5.74) is 2.34. The van der Waals surface area contributed by atoms with Gasteiger partial charge >= 0.3 is 5.97 Å². The van der Waals surface area contributed by atoms with Crippen LogP contribution in [0.2, 0.25) is 0 Å². The molecule has 1 saturated carbocycles. The van der Waals surface area contributed by atoms with Gasteiger partial charge in [0.05, 0.1) is 12.6 Å². The van der Waals surface area contributed by atoms with Crippen molar-refractivity contribution in [1.82, 2.24) is 9.88 Å². The van der Waals surface area contributed by atoms with E-state index in [1.54, 1.807) is 7.11 Å². The van der Waals surface area contributed by atoms with E-state index < -0.39 is 5.97 Å². The van der Waals surface area contributed by atoms with Crippen LogP contribution >= 0.6 is 11.8 Å². The second-order valence-corrected chi connectivity index (χ2v) is 10.8. The monoisotopic (exact) mass is 456 g/mol. The molecule has 1 aliphatic carbocycles. The average molecular weight is 457 g/mol. The topological polar surface area (TPSA) is 62.7 Å².